The van der Waals surface area contributed by atoms with Gasteiger partial charge in [0, 0.05) is 18.4 Å². The van der Waals surface area contributed by atoms with Crippen LogP contribution < -0.4 is 5.73 Å². The zero-order valence-corrected chi connectivity index (χ0v) is 10.9. The van der Waals surface area contributed by atoms with E-state index in [-0.39, 0.29) is 6.04 Å². The number of nitrogens with two attached hydrogens (primary N) is 1. The second-order valence-corrected chi connectivity index (χ2v) is 4.73. The molecule has 1 nitrogen and oxygen atoms in total. The standard InChI is InChI=1S/C16H23N/c1-4-6-12-15(17)16(13(3)5-2)14-10-8-7-9-11-14/h1,7-11,13,15-16H,5-6,12,17H2,2-3H3. The quantitative estimate of drug-likeness (QED) is 0.742. The molecule has 3 unspecified atom stereocenters. The summed E-state index contributed by atoms with van der Waals surface area (Å²) in [4.78, 5) is 0. The van der Waals surface area contributed by atoms with Crippen molar-refractivity contribution in [3.05, 3.63) is 35.9 Å². The summed E-state index contributed by atoms with van der Waals surface area (Å²) >= 11 is 0. The van der Waals surface area contributed by atoms with Crippen LogP contribution >= 0.6 is 0 Å². The van der Waals surface area contributed by atoms with Gasteiger partial charge in [-0.25, -0.2) is 0 Å². The third-order valence-corrected chi connectivity index (χ3v) is 3.52. The van der Waals surface area contributed by atoms with E-state index in [0.717, 1.165) is 19.3 Å². The third-order valence-electron chi connectivity index (χ3n) is 3.52. The van der Waals surface area contributed by atoms with Gasteiger partial charge in [0.2, 0.25) is 0 Å². The summed E-state index contributed by atoms with van der Waals surface area (Å²) in [6.07, 6.45) is 8.13. The molecule has 0 aromatic heterocycles. The molecule has 17 heavy (non-hydrogen) atoms. The monoisotopic (exact) mass is 229 g/mol. The van der Waals surface area contributed by atoms with Crippen LogP contribution in [0.3, 0.4) is 0 Å². The van der Waals surface area contributed by atoms with Crippen LogP contribution in [0.5, 0.6) is 0 Å². The first kappa shape index (κ1) is 13.8. The van der Waals surface area contributed by atoms with Crippen molar-refractivity contribution < 1.29 is 0 Å². The number of hydrogen-bond acceptors (Lipinski definition) is 1. The van der Waals surface area contributed by atoms with Crippen molar-refractivity contribution in [2.45, 2.75) is 45.1 Å². The molecule has 0 bridgehead atoms. The highest BCUT2D eigenvalue weighted by Gasteiger charge is 2.24. The molecule has 1 heteroatoms. The molecule has 1 rings (SSSR count). The predicted octanol–water partition coefficient (Wildman–Crippen LogP) is 3.56. The van der Waals surface area contributed by atoms with E-state index in [1.807, 2.05) is 6.07 Å². The van der Waals surface area contributed by atoms with E-state index < -0.39 is 0 Å². The summed E-state index contributed by atoms with van der Waals surface area (Å²) in [6, 6.07) is 10.7. The number of hydrogen-bond donors (Lipinski definition) is 1. The van der Waals surface area contributed by atoms with Crippen molar-refractivity contribution in [2.75, 3.05) is 0 Å². The Balaban J connectivity index is 2.85. The van der Waals surface area contributed by atoms with Gasteiger partial charge in [-0.1, -0.05) is 50.6 Å². The molecule has 0 fully saturated rings. The predicted molar refractivity (Wildman–Crippen MR) is 74.7 cm³/mol. The van der Waals surface area contributed by atoms with E-state index in [2.05, 4.69) is 44.0 Å². The fourth-order valence-corrected chi connectivity index (χ4v) is 2.36. The fraction of sp³-hybridized carbons (Fsp3) is 0.500. The van der Waals surface area contributed by atoms with Crippen LogP contribution in [0.2, 0.25) is 0 Å². The Labute approximate surface area is 105 Å². The first-order valence-corrected chi connectivity index (χ1v) is 6.44. The first-order chi connectivity index (χ1) is 8.20. The maximum atomic E-state index is 6.32. The topological polar surface area (TPSA) is 26.0 Å². The normalized spacial score (nSPS) is 15.9. The maximum absolute atomic E-state index is 6.32. The Hall–Kier alpha value is -1.26. The van der Waals surface area contributed by atoms with Crippen molar-refractivity contribution in [3.63, 3.8) is 0 Å². The minimum atomic E-state index is 0.156. The minimum Gasteiger partial charge on any atom is -0.327 e. The summed E-state index contributed by atoms with van der Waals surface area (Å²) in [6.45, 7) is 4.49. The van der Waals surface area contributed by atoms with Crippen molar-refractivity contribution >= 4 is 0 Å². The first-order valence-electron chi connectivity index (χ1n) is 6.44. The Morgan fingerprint density at radius 3 is 2.47 bits per heavy atom. The highest BCUT2D eigenvalue weighted by atomic mass is 14.7. The van der Waals surface area contributed by atoms with Crippen LogP contribution in [0.15, 0.2) is 30.3 Å². The molecule has 1 aromatic rings. The Bertz CT molecular complexity index is 350. The van der Waals surface area contributed by atoms with E-state index in [1.165, 1.54) is 5.56 Å². The Kier molecular flexibility index (Phi) is 5.80. The molecular formula is C16H23N. The Morgan fingerprint density at radius 1 is 1.29 bits per heavy atom. The summed E-state index contributed by atoms with van der Waals surface area (Å²) in [7, 11) is 0. The van der Waals surface area contributed by atoms with Gasteiger partial charge in [-0.15, -0.1) is 12.3 Å². The molecule has 0 aliphatic carbocycles. The molecule has 0 saturated carbocycles. The second kappa shape index (κ2) is 7.14. The largest absolute Gasteiger partial charge is 0.327 e. The molecule has 92 valence electrons. The van der Waals surface area contributed by atoms with Crippen LogP contribution in [0.25, 0.3) is 0 Å². The maximum Gasteiger partial charge on any atom is 0.0119 e. The van der Waals surface area contributed by atoms with Crippen molar-refractivity contribution in [1.29, 1.82) is 0 Å². The van der Waals surface area contributed by atoms with Crippen LogP contribution in [0, 0.1) is 18.3 Å². The zero-order valence-electron chi connectivity index (χ0n) is 10.9. The van der Waals surface area contributed by atoms with Gasteiger partial charge in [-0.2, -0.15) is 0 Å². The zero-order chi connectivity index (χ0) is 12.7. The van der Waals surface area contributed by atoms with Crippen molar-refractivity contribution in [3.8, 4) is 12.3 Å². The molecule has 2 N–H and O–H groups in total. The van der Waals surface area contributed by atoms with Gasteiger partial charge in [-0.3, -0.25) is 0 Å². The molecule has 0 aliphatic rings. The van der Waals surface area contributed by atoms with E-state index in [0.29, 0.717) is 11.8 Å². The molecule has 0 amide bonds. The van der Waals surface area contributed by atoms with Gasteiger partial charge in [0.05, 0.1) is 0 Å². The molecule has 3 atom stereocenters. The van der Waals surface area contributed by atoms with E-state index in [4.69, 9.17) is 12.2 Å². The average Bonchev–Trinajstić information content (AvgIpc) is 2.37. The molecule has 0 spiro atoms. The lowest BCUT2D eigenvalue weighted by Gasteiger charge is -2.29. The summed E-state index contributed by atoms with van der Waals surface area (Å²) in [5, 5.41) is 0. The smallest absolute Gasteiger partial charge is 0.0119 e. The molecule has 1 aromatic carbocycles. The average molecular weight is 229 g/mol. The van der Waals surface area contributed by atoms with Gasteiger partial charge in [0.1, 0.15) is 0 Å². The fourth-order valence-electron chi connectivity index (χ4n) is 2.36. The molecule has 0 aliphatic heterocycles. The second-order valence-electron chi connectivity index (χ2n) is 4.73. The summed E-state index contributed by atoms with van der Waals surface area (Å²) in [5.41, 5.74) is 7.66. The van der Waals surface area contributed by atoms with Gasteiger partial charge >= 0.3 is 0 Å². The van der Waals surface area contributed by atoms with Crippen LogP contribution in [0.4, 0.5) is 0 Å². The SMILES string of the molecule is C#CCCC(N)C(c1ccccc1)C(C)CC. The lowest BCUT2D eigenvalue weighted by Crippen LogP contribution is -2.32. The van der Waals surface area contributed by atoms with Gasteiger partial charge < -0.3 is 5.73 Å². The summed E-state index contributed by atoms with van der Waals surface area (Å²) in [5.74, 6) is 3.68. The summed E-state index contributed by atoms with van der Waals surface area (Å²) < 4.78 is 0. The number of terminal acetylenes is 1. The van der Waals surface area contributed by atoms with Crippen LogP contribution in [0.1, 0.15) is 44.6 Å². The third kappa shape index (κ3) is 3.91. The van der Waals surface area contributed by atoms with Gasteiger partial charge in [0.25, 0.3) is 0 Å². The minimum absolute atomic E-state index is 0.156. The van der Waals surface area contributed by atoms with Crippen molar-refractivity contribution in [1.82, 2.24) is 0 Å². The molecule has 0 saturated heterocycles. The number of rotatable bonds is 6. The lowest BCUT2D eigenvalue weighted by molar-refractivity contribution is 0.370. The van der Waals surface area contributed by atoms with E-state index in [9.17, 15) is 0 Å². The van der Waals surface area contributed by atoms with Crippen LogP contribution in [-0.4, -0.2) is 6.04 Å². The highest BCUT2D eigenvalue weighted by molar-refractivity contribution is 5.22. The van der Waals surface area contributed by atoms with E-state index >= 15 is 0 Å². The van der Waals surface area contributed by atoms with E-state index in [1.54, 1.807) is 0 Å². The van der Waals surface area contributed by atoms with Crippen LogP contribution in [-0.2, 0) is 0 Å². The Morgan fingerprint density at radius 2 is 1.94 bits per heavy atom. The molecule has 0 heterocycles. The number of benzene rings is 1. The highest BCUT2D eigenvalue weighted by Crippen LogP contribution is 2.30. The molecule has 0 radical (unpaired) electrons. The van der Waals surface area contributed by atoms with Gasteiger partial charge in [-0.05, 0) is 17.9 Å². The molecular weight excluding hydrogens is 206 g/mol. The van der Waals surface area contributed by atoms with Crippen molar-refractivity contribution in [2.24, 2.45) is 11.7 Å². The lowest BCUT2D eigenvalue weighted by atomic mass is 9.79. The van der Waals surface area contributed by atoms with Gasteiger partial charge in [0.15, 0.2) is 0 Å².